The first-order chi connectivity index (χ1) is 13.4. The maximum Gasteiger partial charge on any atom is 0.277 e. The van der Waals surface area contributed by atoms with Gasteiger partial charge in [-0.05, 0) is 32.3 Å². The van der Waals surface area contributed by atoms with Crippen molar-refractivity contribution in [2.45, 2.75) is 59.9 Å². The zero-order chi connectivity index (χ0) is 20.3. The molecule has 0 aliphatic rings. The average Bonchev–Trinajstić information content (AvgIpc) is 3.10. The van der Waals surface area contributed by atoms with Crippen molar-refractivity contribution in [2.75, 3.05) is 4.90 Å². The van der Waals surface area contributed by atoms with E-state index in [1.165, 1.54) is 4.52 Å². The van der Waals surface area contributed by atoms with Gasteiger partial charge in [-0.3, -0.25) is 19.6 Å². The van der Waals surface area contributed by atoms with Crippen LogP contribution in [0.15, 0.2) is 29.1 Å². The molecule has 1 N–H and O–H groups in total. The molecule has 0 unspecified atom stereocenters. The minimum Gasteiger partial charge on any atom is -0.277 e. The number of fused-ring (bicyclic) bond motifs is 1. The second-order valence-corrected chi connectivity index (χ2v) is 7.09. The summed E-state index contributed by atoms with van der Waals surface area (Å²) in [5.74, 6) is 0.551. The van der Waals surface area contributed by atoms with E-state index in [1.807, 2.05) is 45.0 Å². The number of anilines is 1. The quantitative estimate of drug-likeness (QED) is 0.680. The van der Waals surface area contributed by atoms with Crippen molar-refractivity contribution in [3.63, 3.8) is 0 Å². The monoisotopic (exact) mass is 381 g/mol. The van der Waals surface area contributed by atoms with Gasteiger partial charge in [-0.25, -0.2) is 4.98 Å². The Bertz CT molecular complexity index is 1030. The molecule has 3 rings (SSSR count). The number of nitrogens with zero attached hydrogens (tertiary/aromatic N) is 4. The van der Waals surface area contributed by atoms with E-state index in [9.17, 15) is 9.59 Å². The van der Waals surface area contributed by atoms with Crippen LogP contribution in [-0.4, -0.2) is 25.5 Å². The molecule has 0 atom stereocenters. The summed E-state index contributed by atoms with van der Waals surface area (Å²) < 4.78 is 1.35. The van der Waals surface area contributed by atoms with Gasteiger partial charge in [-0.2, -0.15) is 9.50 Å². The maximum absolute atomic E-state index is 12.9. The van der Waals surface area contributed by atoms with E-state index >= 15 is 0 Å². The van der Waals surface area contributed by atoms with E-state index in [1.54, 1.807) is 4.90 Å². The fraction of sp³-hybridized carbons (Fsp3) is 0.429. The first-order valence-electron chi connectivity index (χ1n) is 9.78. The minimum atomic E-state index is -0.145. The first kappa shape index (κ1) is 19.8. The van der Waals surface area contributed by atoms with Crippen molar-refractivity contribution in [3.8, 4) is 0 Å². The fourth-order valence-electron chi connectivity index (χ4n) is 3.15. The average molecular weight is 381 g/mol. The number of aromatic amines is 1. The molecule has 0 bridgehead atoms. The van der Waals surface area contributed by atoms with Gasteiger partial charge in [0.1, 0.15) is 0 Å². The second-order valence-electron chi connectivity index (χ2n) is 7.09. The van der Waals surface area contributed by atoms with Crippen LogP contribution in [0.4, 0.5) is 5.95 Å². The minimum absolute atomic E-state index is 0.0735. The molecule has 28 heavy (non-hydrogen) atoms. The molecule has 1 amide bonds. The SMILES string of the molecule is CCCCc1c(C)nc2nc(N(Cc3ccc(C)cc3)C(=O)CC)[nH]n2c1=O. The van der Waals surface area contributed by atoms with Crippen LogP contribution in [0.5, 0.6) is 0 Å². The van der Waals surface area contributed by atoms with Gasteiger partial charge in [0, 0.05) is 12.0 Å². The summed E-state index contributed by atoms with van der Waals surface area (Å²) in [5.41, 5.74) is 3.40. The van der Waals surface area contributed by atoms with Crippen LogP contribution in [0, 0.1) is 13.8 Å². The van der Waals surface area contributed by atoms with Crippen LogP contribution in [0.25, 0.3) is 5.78 Å². The molecule has 0 saturated carbocycles. The van der Waals surface area contributed by atoms with Crippen LogP contribution in [0.1, 0.15) is 55.5 Å². The van der Waals surface area contributed by atoms with Crippen LogP contribution in [-0.2, 0) is 17.8 Å². The Kier molecular flexibility index (Phi) is 5.92. The molecule has 148 valence electrons. The lowest BCUT2D eigenvalue weighted by Gasteiger charge is -2.19. The molecule has 7 nitrogen and oxygen atoms in total. The Labute approximate surface area is 164 Å². The lowest BCUT2D eigenvalue weighted by atomic mass is 10.1. The van der Waals surface area contributed by atoms with Crippen molar-refractivity contribution in [1.82, 2.24) is 19.6 Å². The van der Waals surface area contributed by atoms with Crippen molar-refractivity contribution >= 4 is 17.6 Å². The van der Waals surface area contributed by atoms with Gasteiger partial charge in [-0.1, -0.05) is 50.1 Å². The van der Waals surface area contributed by atoms with Crippen molar-refractivity contribution < 1.29 is 4.79 Å². The molecule has 1 aromatic carbocycles. The summed E-state index contributed by atoms with van der Waals surface area (Å²) in [6.45, 7) is 8.14. The fourth-order valence-corrected chi connectivity index (χ4v) is 3.15. The Morgan fingerprint density at radius 1 is 1.14 bits per heavy atom. The normalized spacial score (nSPS) is 11.1. The molecular weight excluding hydrogens is 354 g/mol. The number of hydrogen-bond donors (Lipinski definition) is 1. The highest BCUT2D eigenvalue weighted by atomic mass is 16.2. The Morgan fingerprint density at radius 2 is 1.86 bits per heavy atom. The molecule has 7 heteroatoms. The molecule has 2 heterocycles. The number of benzene rings is 1. The van der Waals surface area contributed by atoms with Gasteiger partial charge >= 0.3 is 0 Å². The third kappa shape index (κ3) is 3.98. The van der Waals surface area contributed by atoms with Gasteiger partial charge in [0.2, 0.25) is 11.9 Å². The molecular formula is C21H27N5O2. The summed E-state index contributed by atoms with van der Waals surface area (Å²) in [4.78, 5) is 35.9. The highest BCUT2D eigenvalue weighted by Gasteiger charge is 2.20. The van der Waals surface area contributed by atoms with Gasteiger partial charge in [0.15, 0.2) is 0 Å². The van der Waals surface area contributed by atoms with Gasteiger partial charge in [0.25, 0.3) is 11.3 Å². The van der Waals surface area contributed by atoms with Crippen LogP contribution >= 0.6 is 0 Å². The van der Waals surface area contributed by atoms with Crippen molar-refractivity contribution in [2.24, 2.45) is 0 Å². The molecule has 0 aliphatic heterocycles. The summed E-state index contributed by atoms with van der Waals surface area (Å²) in [6.07, 6.45) is 2.96. The lowest BCUT2D eigenvalue weighted by molar-refractivity contribution is -0.118. The standard InChI is InChI=1S/C21H27N5O2/c1-5-7-8-17-15(4)22-20-23-21(24-26(20)19(17)28)25(18(27)6-2)13-16-11-9-14(3)10-12-16/h9-12H,5-8,13H2,1-4H3,(H,22,23,24). The van der Waals surface area contributed by atoms with E-state index in [-0.39, 0.29) is 17.2 Å². The Morgan fingerprint density at radius 3 is 2.50 bits per heavy atom. The largest absolute Gasteiger partial charge is 0.277 e. The number of carbonyl (C=O) groups is 1. The number of carbonyl (C=O) groups excluding carboxylic acids is 1. The van der Waals surface area contributed by atoms with E-state index in [4.69, 9.17) is 0 Å². The number of hydrogen-bond acceptors (Lipinski definition) is 4. The summed E-state index contributed by atoms with van der Waals surface area (Å²) in [6, 6.07) is 8.01. The Hall–Kier alpha value is -2.96. The van der Waals surface area contributed by atoms with Gasteiger partial charge < -0.3 is 0 Å². The van der Waals surface area contributed by atoms with Crippen molar-refractivity contribution in [1.29, 1.82) is 0 Å². The predicted octanol–water partition coefficient (Wildman–Crippen LogP) is 3.32. The third-order valence-electron chi connectivity index (χ3n) is 4.88. The molecule has 2 aromatic heterocycles. The summed E-state index contributed by atoms with van der Waals surface area (Å²) in [5, 5.41) is 2.99. The van der Waals surface area contributed by atoms with E-state index in [0.717, 1.165) is 24.0 Å². The number of unbranched alkanes of at least 4 members (excludes halogenated alkanes) is 1. The third-order valence-corrected chi connectivity index (χ3v) is 4.88. The molecule has 0 radical (unpaired) electrons. The molecule has 0 aliphatic carbocycles. The van der Waals surface area contributed by atoms with Gasteiger partial charge in [-0.15, -0.1) is 0 Å². The zero-order valence-corrected chi connectivity index (χ0v) is 17.0. The lowest BCUT2D eigenvalue weighted by Crippen LogP contribution is -2.31. The number of H-pyrrole nitrogens is 1. The zero-order valence-electron chi connectivity index (χ0n) is 17.0. The maximum atomic E-state index is 12.9. The number of amides is 1. The molecule has 0 fully saturated rings. The van der Waals surface area contributed by atoms with E-state index < -0.39 is 0 Å². The highest BCUT2D eigenvalue weighted by Crippen LogP contribution is 2.16. The van der Waals surface area contributed by atoms with Crippen LogP contribution in [0.2, 0.25) is 0 Å². The smallest absolute Gasteiger partial charge is 0.277 e. The number of rotatable bonds is 7. The molecule has 3 aromatic rings. The highest BCUT2D eigenvalue weighted by molar-refractivity contribution is 5.91. The van der Waals surface area contributed by atoms with Crippen LogP contribution in [0.3, 0.4) is 0 Å². The molecule has 0 saturated heterocycles. The van der Waals surface area contributed by atoms with Gasteiger partial charge in [0.05, 0.1) is 12.2 Å². The summed E-state index contributed by atoms with van der Waals surface area (Å²) in [7, 11) is 0. The summed E-state index contributed by atoms with van der Waals surface area (Å²) >= 11 is 0. The van der Waals surface area contributed by atoms with Crippen LogP contribution < -0.4 is 10.5 Å². The number of nitrogens with one attached hydrogen (secondary N) is 1. The second kappa shape index (κ2) is 8.37. The number of aryl methyl sites for hydroxylation is 2. The van der Waals surface area contributed by atoms with E-state index in [2.05, 4.69) is 22.0 Å². The Balaban J connectivity index is 2.02. The topological polar surface area (TPSA) is 83.4 Å². The molecule has 0 spiro atoms. The van der Waals surface area contributed by atoms with Crippen molar-refractivity contribution in [3.05, 3.63) is 57.0 Å². The number of aromatic nitrogens is 4. The predicted molar refractivity (Wildman–Crippen MR) is 110 cm³/mol. The first-order valence-corrected chi connectivity index (χ1v) is 9.78. The van der Waals surface area contributed by atoms with E-state index in [0.29, 0.717) is 36.6 Å².